The lowest BCUT2D eigenvalue weighted by Gasteiger charge is -2.10. The summed E-state index contributed by atoms with van der Waals surface area (Å²) >= 11 is 6.07. The summed E-state index contributed by atoms with van der Waals surface area (Å²) in [4.78, 5) is 11.7. The normalized spacial score (nSPS) is 12.1. The van der Waals surface area contributed by atoms with E-state index in [1.165, 1.54) is 0 Å². The maximum absolute atomic E-state index is 11.7. The molecular weight excluding hydrogens is 250 g/mol. The van der Waals surface area contributed by atoms with Gasteiger partial charge in [-0.1, -0.05) is 43.2 Å². The summed E-state index contributed by atoms with van der Waals surface area (Å²) in [5, 5.41) is 10.8. The third kappa shape index (κ3) is 5.52. The van der Waals surface area contributed by atoms with Crippen LogP contribution in [-0.2, 0) is 4.79 Å². The first kappa shape index (κ1) is 15.0. The standard InChI is InChI=1S/C14H20ClNO2/c15-13(12-8-4-3-5-9-12)14(18)16-10-6-1-2-7-11-17/h3-5,8-9,13,17H,1-2,6-7,10-11H2,(H,16,18). The number of nitrogens with one attached hydrogen (secondary N) is 1. The van der Waals surface area contributed by atoms with Crippen LogP contribution in [0.3, 0.4) is 0 Å². The number of hydrogen-bond acceptors (Lipinski definition) is 2. The molecule has 4 heteroatoms. The van der Waals surface area contributed by atoms with Crippen molar-refractivity contribution in [1.82, 2.24) is 5.32 Å². The minimum absolute atomic E-state index is 0.148. The van der Waals surface area contributed by atoms with Gasteiger partial charge in [0.05, 0.1) is 0 Å². The Labute approximate surface area is 113 Å². The van der Waals surface area contributed by atoms with Crippen molar-refractivity contribution in [2.24, 2.45) is 0 Å². The van der Waals surface area contributed by atoms with Crippen molar-refractivity contribution in [3.63, 3.8) is 0 Å². The van der Waals surface area contributed by atoms with Gasteiger partial charge < -0.3 is 10.4 Å². The molecule has 0 aliphatic carbocycles. The second-order valence-corrected chi connectivity index (χ2v) is 4.64. The fraction of sp³-hybridized carbons (Fsp3) is 0.500. The second kappa shape index (κ2) is 8.95. The zero-order chi connectivity index (χ0) is 13.2. The highest BCUT2D eigenvalue weighted by Crippen LogP contribution is 2.19. The van der Waals surface area contributed by atoms with E-state index in [-0.39, 0.29) is 12.5 Å². The van der Waals surface area contributed by atoms with Crippen LogP contribution in [-0.4, -0.2) is 24.2 Å². The van der Waals surface area contributed by atoms with Crippen molar-refractivity contribution >= 4 is 17.5 Å². The Balaban J connectivity index is 2.20. The van der Waals surface area contributed by atoms with E-state index in [4.69, 9.17) is 16.7 Å². The maximum atomic E-state index is 11.7. The predicted molar refractivity (Wildman–Crippen MR) is 73.6 cm³/mol. The van der Waals surface area contributed by atoms with Gasteiger partial charge in [-0.25, -0.2) is 0 Å². The van der Waals surface area contributed by atoms with Crippen molar-refractivity contribution in [2.75, 3.05) is 13.2 Å². The Hall–Kier alpha value is -1.06. The molecule has 1 rings (SSSR count). The van der Waals surface area contributed by atoms with Crippen LogP contribution in [0.15, 0.2) is 30.3 Å². The first-order chi connectivity index (χ1) is 8.75. The highest BCUT2D eigenvalue weighted by atomic mass is 35.5. The number of carbonyl (C=O) groups is 1. The van der Waals surface area contributed by atoms with Gasteiger partial charge in [-0.3, -0.25) is 4.79 Å². The van der Waals surface area contributed by atoms with Crippen LogP contribution < -0.4 is 5.32 Å². The van der Waals surface area contributed by atoms with Gasteiger partial charge in [0.2, 0.25) is 5.91 Å². The predicted octanol–water partition coefficient (Wildman–Crippen LogP) is 2.64. The highest BCUT2D eigenvalue weighted by Gasteiger charge is 2.16. The van der Waals surface area contributed by atoms with Gasteiger partial charge in [0.1, 0.15) is 5.38 Å². The van der Waals surface area contributed by atoms with Crippen LogP contribution in [0, 0.1) is 0 Å². The molecule has 1 aromatic rings. The third-order valence-electron chi connectivity index (χ3n) is 2.71. The lowest BCUT2D eigenvalue weighted by molar-refractivity contribution is -0.120. The first-order valence-electron chi connectivity index (χ1n) is 6.33. The number of rotatable bonds is 8. The molecule has 0 fully saturated rings. The monoisotopic (exact) mass is 269 g/mol. The van der Waals surface area contributed by atoms with Crippen molar-refractivity contribution in [2.45, 2.75) is 31.1 Å². The number of carbonyl (C=O) groups excluding carboxylic acids is 1. The molecule has 0 bridgehead atoms. The van der Waals surface area contributed by atoms with E-state index >= 15 is 0 Å². The van der Waals surface area contributed by atoms with Gasteiger partial charge in [0, 0.05) is 13.2 Å². The number of aliphatic hydroxyl groups is 1. The second-order valence-electron chi connectivity index (χ2n) is 4.20. The van der Waals surface area contributed by atoms with E-state index in [1.54, 1.807) is 0 Å². The topological polar surface area (TPSA) is 49.3 Å². The molecule has 0 aliphatic rings. The van der Waals surface area contributed by atoms with Crippen molar-refractivity contribution in [1.29, 1.82) is 0 Å². The van der Waals surface area contributed by atoms with E-state index in [9.17, 15) is 4.79 Å². The van der Waals surface area contributed by atoms with Crippen LogP contribution in [0.4, 0.5) is 0 Å². The number of benzene rings is 1. The summed E-state index contributed by atoms with van der Waals surface area (Å²) < 4.78 is 0. The molecule has 1 amide bonds. The zero-order valence-electron chi connectivity index (χ0n) is 10.4. The molecule has 2 N–H and O–H groups in total. The number of hydrogen-bond donors (Lipinski definition) is 2. The van der Waals surface area contributed by atoms with Crippen molar-refractivity contribution in [3.05, 3.63) is 35.9 Å². The van der Waals surface area contributed by atoms with E-state index in [0.29, 0.717) is 6.54 Å². The molecule has 1 atom stereocenters. The van der Waals surface area contributed by atoms with Gasteiger partial charge in [-0.2, -0.15) is 0 Å². The third-order valence-corrected chi connectivity index (χ3v) is 3.16. The Morgan fingerprint density at radius 2 is 1.83 bits per heavy atom. The molecule has 1 aromatic carbocycles. The molecule has 1 unspecified atom stereocenters. The number of halogens is 1. The van der Waals surface area contributed by atoms with E-state index < -0.39 is 5.38 Å². The summed E-state index contributed by atoms with van der Waals surface area (Å²) in [7, 11) is 0. The van der Waals surface area contributed by atoms with Gasteiger partial charge in [0.15, 0.2) is 0 Å². The number of alkyl halides is 1. The van der Waals surface area contributed by atoms with E-state index in [1.807, 2.05) is 30.3 Å². The molecule has 0 spiro atoms. The summed E-state index contributed by atoms with van der Waals surface area (Å²) in [6, 6.07) is 9.32. The molecule has 0 aromatic heterocycles. The quantitative estimate of drug-likeness (QED) is 0.563. The number of amides is 1. The van der Waals surface area contributed by atoms with Crippen LogP contribution in [0.2, 0.25) is 0 Å². The fourth-order valence-electron chi connectivity index (χ4n) is 1.66. The molecule has 18 heavy (non-hydrogen) atoms. The zero-order valence-corrected chi connectivity index (χ0v) is 11.2. The lowest BCUT2D eigenvalue weighted by Crippen LogP contribution is -2.27. The number of aliphatic hydroxyl groups excluding tert-OH is 1. The Morgan fingerprint density at radius 1 is 1.17 bits per heavy atom. The van der Waals surface area contributed by atoms with E-state index in [0.717, 1.165) is 31.2 Å². The van der Waals surface area contributed by atoms with Crippen molar-refractivity contribution < 1.29 is 9.90 Å². The largest absolute Gasteiger partial charge is 0.396 e. The van der Waals surface area contributed by atoms with Gasteiger partial charge in [0.25, 0.3) is 0 Å². The Bertz CT molecular complexity index is 343. The molecule has 0 saturated heterocycles. The molecule has 3 nitrogen and oxygen atoms in total. The lowest BCUT2D eigenvalue weighted by atomic mass is 10.1. The summed E-state index contributed by atoms with van der Waals surface area (Å²) in [6.07, 6.45) is 3.76. The Kier molecular flexibility index (Phi) is 7.46. The van der Waals surface area contributed by atoms with Gasteiger partial charge >= 0.3 is 0 Å². The summed E-state index contributed by atoms with van der Waals surface area (Å²) in [6.45, 7) is 0.879. The summed E-state index contributed by atoms with van der Waals surface area (Å²) in [5.74, 6) is -0.148. The van der Waals surface area contributed by atoms with Crippen molar-refractivity contribution in [3.8, 4) is 0 Å². The van der Waals surface area contributed by atoms with Crippen LogP contribution in [0.5, 0.6) is 0 Å². The molecule has 100 valence electrons. The minimum atomic E-state index is -0.622. The molecule has 0 saturated carbocycles. The van der Waals surface area contributed by atoms with Crippen LogP contribution >= 0.6 is 11.6 Å². The minimum Gasteiger partial charge on any atom is -0.396 e. The maximum Gasteiger partial charge on any atom is 0.242 e. The van der Waals surface area contributed by atoms with Gasteiger partial charge in [-0.05, 0) is 18.4 Å². The first-order valence-corrected chi connectivity index (χ1v) is 6.77. The number of unbranched alkanes of at least 4 members (excludes halogenated alkanes) is 3. The van der Waals surface area contributed by atoms with Crippen LogP contribution in [0.25, 0.3) is 0 Å². The highest BCUT2D eigenvalue weighted by molar-refractivity contribution is 6.30. The van der Waals surface area contributed by atoms with Gasteiger partial charge in [-0.15, -0.1) is 11.6 Å². The Morgan fingerprint density at radius 3 is 2.50 bits per heavy atom. The SMILES string of the molecule is O=C(NCCCCCCO)C(Cl)c1ccccc1. The molecular formula is C14H20ClNO2. The average Bonchev–Trinajstić information content (AvgIpc) is 2.42. The van der Waals surface area contributed by atoms with E-state index in [2.05, 4.69) is 5.32 Å². The molecule has 0 radical (unpaired) electrons. The summed E-state index contributed by atoms with van der Waals surface area (Å²) in [5.41, 5.74) is 0.817. The smallest absolute Gasteiger partial charge is 0.242 e. The molecule has 0 heterocycles. The molecule has 0 aliphatic heterocycles. The van der Waals surface area contributed by atoms with Crippen LogP contribution in [0.1, 0.15) is 36.6 Å². The average molecular weight is 270 g/mol. The fourth-order valence-corrected chi connectivity index (χ4v) is 1.89.